The molecule has 0 heterocycles. The molecule has 3 aromatic carbocycles. The molecular weight excluding hydrogens is 592 g/mol. The molecule has 3 aromatic rings. The molecule has 9 nitrogen and oxygen atoms in total. The SMILES string of the molecule is CCCCS(=O)(=O)[OH+]S(c1ccccc1)(c1ccc(OC(=O)OC(C)(C)C)cc1)c1ccc(OC(=O)OC(C)(C)C)cc1. The summed E-state index contributed by atoms with van der Waals surface area (Å²) >= 11 is 0. The molecule has 234 valence electrons. The molecule has 0 aliphatic rings. The molecule has 0 atom stereocenters. The minimum absolute atomic E-state index is 0.106. The van der Waals surface area contributed by atoms with Gasteiger partial charge in [0.1, 0.15) is 28.5 Å². The average molecular weight is 634 g/mol. The van der Waals surface area contributed by atoms with Crippen molar-refractivity contribution in [1.82, 2.24) is 0 Å². The van der Waals surface area contributed by atoms with Crippen LogP contribution in [0.2, 0.25) is 0 Å². The van der Waals surface area contributed by atoms with Gasteiger partial charge >= 0.3 is 22.4 Å². The highest BCUT2D eigenvalue weighted by Crippen LogP contribution is 2.68. The molecule has 0 amide bonds. The summed E-state index contributed by atoms with van der Waals surface area (Å²) in [6.07, 6.45) is -0.555. The largest absolute Gasteiger partial charge is 0.514 e. The van der Waals surface area contributed by atoms with Crippen molar-refractivity contribution in [3.8, 4) is 11.5 Å². The first kappa shape index (κ1) is 34.0. The molecule has 0 aromatic heterocycles. The van der Waals surface area contributed by atoms with Crippen LogP contribution in [-0.4, -0.2) is 41.3 Å². The van der Waals surface area contributed by atoms with Crippen molar-refractivity contribution in [2.75, 3.05) is 5.75 Å². The van der Waals surface area contributed by atoms with E-state index in [1.807, 2.05) is 37.3 Å². The Morgan fingerprint density at radius 3 is 1.42 bits per heavy atom. The van der Waals surface area contributed by atoms with Gasteiger partial charge in [-0.25, -0.2) is 9.59 Å². The van der Waals surface area contributed by atoms with E-state index in [4.69, 9.17) is 18.9 Å². The lowest BCUT2D eigenvalue weighted by Crippen LogP contribution is -2.26. The number of unbranched alkanes of at least 4 members (excludes halogenated alkanes) is 1. The van der Waals surface area contributed by atoms with Gasteiger partial charge in [-0.15, -0.1) is 0 Å². The Kier molecular flexibility index (Phi) is 10.9. The monoisotopic (exact) mass is 633 g/mol. The van der Waals surface area contributed by atoms with Crippen LogP contribution in [0.4, 0.5) is 9.59 Å². The van der Waals surface area contributed by atoms with Gasteiger partial charge < -0.3 is 18.9 Å². The first-order valence-electron chi connectivity index (χ1n) is 13.9. The van der Waals surface area contributed by atoms with Crippen molar-refractivity contribution < 1.29 is 40.6 Å². The zero-order valence-electron chi connectivity index (χ0n) is 25.7. The van der Waals surface area contributed by atoms with Crippen LogP contribution >= 0.6 is 10.3 Å². The predicted molar refractivity (Wildman–Crippen MR) is 167 cm³/mol. The highest BCUT2D eigenvalue weighted by atomic mass is 32.3. The van der Waals surface area contributed by atoms with E-state index in [9.17, 15) is 18.0 Å². The third-order valence-corrected chi connectivity index (χ3v) is 11.0. The summed E-state index contributed by atoms with van der Waals surface area (Å²) in [7, 11) is -6.67. The predicted octanol–water partition coefficient (Wildman–Crippen LogP) is 8.73. The number of ether oxygens (including phenoxy) is 4. The number of carbonyl (C=O) groups is 2. The lowest BCUT2D eigenvalue weighted by Gasteiger charge is -2.35. The minimum Gasteiger partial charge on any atom is -0.428 e. The summed E-state index contributed by atoms with van der Waals surface area (Å²) in [5.41, 5.74) is -1.45. The zero-order chi connectivity index (χ0) is 31.9. The van der Waals surface area contributed by atoms with Gasteiger partial charge in [0.2, 0.25) is 0 Å². The van der Waals surface area contributed by atoms with Crippen molar-refractivity contribution in [2.24, 2.45) is 0 Å². The molecule has 43 heavy (non-hydrogen) atoms. The van der Waals surface area contributed by atoms with Gasteiger partial charge in [0, 0.05) is 0 Å². The van der Waals surface area contributed by atoms with Crippen LogP contribution in [0.5, 0.6) is 11.5 Å². The first-order valence-corrected chi connectivity index (χ1v) is 17.1. The van der Waals surface area contributed by atoms with Gasteiger partial charge in [-0.1, -0.05) is 31.5 Å². The second-order valence-electron chi connectivity index (χ2n) is 11.7. The maximum atomic E-state index is 13.5. The van der Waals surface area contributed by atoms with Crippen LogP contribution < -0.4 is 9.47 Å². The van der Waals surface area contributed by atoms with E-state index in [-0.39, 0.29) is 17.3 Å². The van der Waals surface area contributed by atoms with Crippen molar-refractivity contribution in [2.45, 2.75) is 87.2 Å². The fourth-order valence-electron chi connectivity index (χ4n) is 3.83. The van der Waals surface area contributed by atoms with E-state index in [1.54, 1.807) is 90.1 Å². The molecule has 1 N–H and O–H groups in total. The van der Waals surface area contributed by atoms with Crippen LogP contribution in [0.1, 0.15) is 61.3 Å². The number of benzene rings is 3. The van der Waals surface area contributed by atoms with E-state index >= 15 is 0 Å². The van der Waals surface area contributed by atoms with E-state index in [2.05, 4.69) is 3.63 Å². The van der Waals surface area contributed by atoms with Crippen molar-refractivity contribution >= 4 is 32.7 Å². The molecule has 0 saturated heterocycles. The van der Waals surface area contributed by atoms with Crippen molar-refractivity contribution in [3.63, 3.8) is 0 Å². The van der Waals surface area contributed by atoms with Gasteiger partial charge in [-0.2, -0.15) is 8.42 Å². The average Bonchev–Trinajstić information content (AvgIpc) is 2.90. The summed E-state index contributed by atoms with van der Waals surface area (Å²) in [4.78, 5) is 26.4. The summed E-state index contributed by atoms with van der Waals surface area (Å²) in [6, 6.07) is 22.3. The second kappa shape index (κ2) is 13.8. The number of rotatable bonds is 10. The Morgan fingerprint density at radius 2 is 1.05 bits per heavy atom. The Bertz CT molecular complexity index is 1400. The molecule has 0 saturated carbocycles. The van der Waals surface area contributed by atoms with Crippen molar-refractivity contribution in [1.29, 1.82) is 0 Å². The van der Waals surface area contributed by atoms with Gasteiger partial charge in [0.05, 0.1) is 25.0 Å². The third-order valence-electron chi connectivity index (χ3n) is 5.58. The third kappa shape index (κ3) is 10.0. The highest BCUT2D eigenvalue weighted by molar-refractivity contribution is 8.32. The zero-order valence-corrected chi connectivity index (χ0v) is 27.3. The summed E-state index contributed by atoms with van der Waals surface area (Å²) in [5.74, 6) is 0.355. The molecule has 11 heteroatoms. The minimum atomic E-state index is -3.89. The van der Waals surface area contributed by atoms with Gasteiger partial charge in [-0.3, -0.25) is 3.63 Å². The molecular formula is C32H41O9S2+. The second-order valence-corrected chi connectivity index (χ2v) is 16.4. The first-order chi connectivity index (χ1) is 20.0. The van der Waals surface area contributed by atoms with Gasteiger partial charge in [-0.05, 0) is 109 Å². The van der Waals surface area contributed by atoms with E-state index in [0.29, 0.717) is 27.5 Å². The van der Waals surface area contributed by atoms with E-state index in [1.165, 1.54) is 0 Å². The quantitative estimate of drug-likeness (QED) is 0.0941. The maximum Gasteiger partial charge on any atom is 0.514 e. The van der Waals surface area contributed by atoms with Crippen LogP contribution in [0.3, 0.4) is 0 Å². The lowest BCUT2D eigenvalue weighted by molar-refractivity contribution is 0.0193. The van der Waals surface area contributed by atoms with Gasteiger partial charge in [0.25, 0.3) is 0 Å². The summed E-state index contributed by atoms with van der Waals surface area (Å²) < 4.78 is 52.8. The number of hydrogen-bond donors (Lipinski definition) is 0. The smallest absolute Gasteiger partial charge is 0.428 e. The molecule has 0 aliphatic carbocycles. The lowest BCUT2D eigenvalue weighted by atomic mass is 10.2. The van der Waals surface area contributed by atoms with Crippen LogP contribution in [0.25, 0.3) is 0 Å². The summed E-state index contributed by atoms with van der Waals surface area (Å²) in [5, 5.41) is 0. The fraction of sp³-hybridized carbons (Fsp3) is 0.375. The Morgan fingerprint density at radius 1 is 0.651 bits per heavy atom. The Balaban J connectivity index is 2.12. The highest BCUT2D eigenvalue weighted by Gasteiger charge is 2.42. The molecule has 0 unspecified atom stereocenters. The maximum absolute atomic E-state index is 13.5. The van der Waals surface area contributed by atoms with E-state index in [0.717, 1.165) is 0 Å². The van der Waals surface area contributed by atoms with Crippen LogP contribution in [-0.2, 0) is 19.6 Å². The number of carbonyl (C=O) groups excluding carboxylic acids is 2. The molecule has 3 rings (SSSR count). The molecule has 0 radical (unpaired) electrons. The van der Waals surface area contributed by atoms with Crippen molar-refractivity contribution in [3.05, 3.63) is 78.9 Å². The number of hydrogen-bond acceptors (Lipinski definition) is 8. The van der Waals surface area contributed by atoms with Crippen LogP contribution in [0, 0.1) is 0 Å². The molecule has 0 spiro atoms. The molecule has 0 bridgehead atoms. The van der Waals surface area contributed by atoms with Crippen LogP contribution in [0.15, 0.2) is 93.5 Å². The Hall–Kier alpha value is -3.54. The fourth-order valence-corrected chi connectivity index (χ4v) is 9.61. The van der Waals surface area contributed by atoms with E-state index < -0.39 is 43.9 Å². The molecule has 0 aliphatic heterocycles. The standard InChI is InChI=1S/C32H40O9S2/c1-8-9-23-42(35,36)41-43(26-13-11-10-12-14-26,27-19-15-24(16-20-27)37-29(33)39-31(2,3)4)28-21-17-25(18-22-28)38-30(34)40-32(5,6)7/h10-22H,8-9,23H2,1-7H3/p+1. The normalized spacial score (nSPS) is 12.7. The summed E-state index contributed by atoms with van der Waals surface area (Å²) in [6.45, 7) is 12.3. The topological polar surface area (TPSA) is 118 Å². The Labute approximate surface area is 256 Å². The molecule has 0 fully saturated rings. The van der Waals surface area contributed by atoms with Gasteiger partial charge in [0.15, 0.2) is 0 Å².